The highest BCUT2D eigenvalue weighted by Crippen LogP contribution is 2.36. The Hall–Kier alpha value is -3.08. The van der Waals surface area contributed by atoms with E-state index in [1.807, 2.05) is 13.1 Å². The lowest BCUT2D eigenvalue weighted by molar-refractivity contribution is 0.461. The summed E-state index contributed by atoms with van der Waals surface area (Å²) in [6, 6.07) is 0. The van der Waals surface area contributed by atoms with Crippen molar-refractivity contribution in [3.05, 3.63) is 81.2 Å². The van der Waals surface area contributed by atoms with Gasteiger partial charge in [0, 0.05) is 22.7 Å². The van der Waals surface area contributed by atoms with Crippen LogP contribution in [-0.2, 0) is 0 Å². The largest absolute Gasteiger partial charge is 0.356 e. The first-order chi connectivity index (χ1) is 18.8. The molecule has 1 aromatic rings. The molecular formula is C34H45FN4. The smallest absolute Gasteiger partial charge is 0.172 e. The van der Waals surface area contributed by atoms with Crippen molar-refractivity contribution < 1.29 is 4.39 Å². The summed E-state index contributed by atoms with van der Waals surface area (Å²) in [4.78, 5) is 4.59. The monoisotopic (exact) mass is 528 g/mol. The molecule has 0 spiro atoms. The molecule has 0 amide bonds. The number of pyridine rings is 1. The van der Waals surface area contributed by atoms with E-state index >= 15 is 4.39 Å². The number of anilines is 1. The molecule has 1 aliphatic heterocycles. The minimum atomic E-state index is -0.357. The van der Waals surface area contributed by atoms with Gasteiger partial charge in [-0.3, -0.25) is 4.98 Å². The van der Waals surface area contributed by atoms with Gasteiger partial charge in [0.05, 0.1) is 17.6 Å². The molecule has 39 heavy (non-hydrogen) atoms. The van der Waals surface area contributed by atoms with E-state index in [0.717, 1.165) is 72.5 Å². The molecule has 0 aromatic carbocycles. The van der Waals surface area contributed by atoms with Gasteiger partial charge < -0.3 is 5.32 Å². The first-order valence-electron chi connectivity index (χ1n) is 14.9. The van der Waals surface area contributed by atoms with Gasteiger partial charge in [-0.05, 0) is 99.5 Å². The molecule has 1 N–H and O–H groups in total. The molecule has 1 aromatic heterocycles. The zero-order chi connectivity index (χ0) is 27.9. The van der Waals surface area contributed by atoms with Gasteiger partial charge in [-0.15, -0.1) is 0 Å². The highest BCUT2D eigenvalue weighted by atomic mass is 19.1. The second kappa shape index (κ2) is 13.3. The zero-order valence-corrected chi connectivity index (χ0v) is 24.5. The van der Waals surface area contributed by atoms with E-state index in [0.29, 0.717) is 5.69 Å². The van der Waals surface area contributed by atoms with E-state index in [-0.39, 0.29) is 11.2 Å². The van der Waals surface area contributed by atoms with E-state index in [4.69, 9.17) is 0 Å². The maximum atomic E-state index is 16.1. The fraction of sp³-hybridized carbons (Fsp3) is 0.500. The Balaban J connectivity index is 1.67. The lowest BCUT2D eigenvalue weighted by atomic mass is 9.89. The van der Waals surface area contributed by atoms with Gasteiger partial charge in [0.1, 0.15) is 5.35 Å². The number of aromatic nitrogens is 1. The van der Waals surface area contributed by atoms with Crippen LogP contribution in [0.5, 0.6) is 0 Å². The fourth-order valence-corrected chi connectivity index (χ4v) is 6.03. The van der Waals surface area contributed by atoms with Crippen LogP contribution in [-0.4, -0.2) is 4.98 Å². The predicted octanol–water partition coefficient (Wildman–Crippen LogP) is 8.79. The summed E-state index contributed by atoms with van der Waals surface area (Å²) in [5, 5.41) is 12.9. The van der Waals surface area contributed by atoms with Gasteiger partial charge in [0.2, 0.25) is 0 Å². The second-order valence-corrected chi connectivity index (χ2v) is 11.3. The number of rotatable bonds is 10. The van der Waals surface area contributed by atoms with Crippen molar-refractivity contribution in [1.29, 1.82) is 0 Å². The maximum Gasteiger partial charge on any atom is 0.172 e. The summed E-state index contributed by atoms with van der Waals surface area (Å²) < 4.78 is 16.1. The van der Waals surface area contributed by atoms with Crippen LogP contribution in [0.3, 0.4) is 0 Å². The Labute approximate surface area is 234 Å². The number of hydrogen-bond acceptors (Lipinski definition) is 4. The summed E-state index contributed by atoms with van der Waals surface area (Å²) in [6.07, 6.45) is 20.8. The van der Waals surface area contributed by atoms with Crippen LogP contribution in [0.4, 0.5) is 10.1 Å². The topological polar surface area (TPSA) is 49.6 Å². The quantitative estimate of drug-likeness (QED) is 0.330. The maximum absolute atomic E-state index is 16.1. The molecule has 4 nitrogen and oxygen atoms in total. The van der Waals surface area contributed by atoms with Crippen molar-refractivity contribution in [3.8, 4) is 0 Å². The van der Waals surface area contributed by atoms with E-state index in [2.05, 4.69) is 67.0 Å². The van der Waals surface area contributed by atoms with Crippen molar-refractivity contribution in [2.24, 2.45) is 22.1 Å². The number of hydrogen-bond donors (Lipinski definition) is 1. The van der Waals surface area contributed by atoms with Crippen LogP contribution < -0.4 is 15.9 Å². The number of allylic oxidation sites excluding steroid dienone is 7. The lowest BCUT2D eigenvalue weighted by Gasteiger charge is -2.16. The van der Waals surface area contributed by atoms with Gasteiger partial charge in [0.15, 0.2) is 5.82 Å². The van der Waals surface area contributed by atoms with Crippen LogP contribution in [0.15, 0.2) is 75.0 Å². The summed E-state index contributed by atoms with van der Waals surface area (Å²) in [7, 11) is 0. The van der Waals surface area contributed by atoms with E-state index < -0.39 is 0 Å². The summed E-state index contributed by atoms with van der Waals surface area (Å²) in [5.74, 6) is 1.29. The summed E-state index contributed by atoms with van der Waals surface area (Å²) in [5.41, 5.74) is 7.92. The third kappa shape index (κ3) is 6.93. The SMILES string of the molecule is C=C(CC)Nc1c(F)/c(=C\C2=CN=N/C2=C/C2=C(C)C(CC)=CCC2)nc/c1=C(/C)CCC1CCC(CC)C1. The highest BCUT2D eigenvalue weighted by Gasteiger charge is 2.23. The van der Waals surface area contributed by atoms with Crippen LogP contribution >= 0.6 is 0 Å². The highest BCUT2D eigenvalue weighted by molar-refractivity contribution is 5.63. The van der Waals surface area contributed by atoms with Crippen LogP contribution in [0.1, 0.15) is 98.8 Å². The van der Waals surface area contributed by atoms with Crippen molar-refractivity contribution in [3.63, 3.8) is 0 Å². The number of halogens is 1. The Morgan fingerprint density at radius 1 is 1.18 bits per heavy atom. The normalized spacial score (nSPS) is 23.4. The third-order valence-electron chi connectivity index (χ3n) is 8.80. The van der Waals surface area contributed by atoms with Gasteiger partial charge >= 0.3 is 0 Å². The number of nitrogens with one attached hydrogen (secondary N) is 1. The lowest BCUT2D eigenvalue weighted by Crippen LogP contribution is -2.25. The van der Waals surface area contributed by atoms with Crippen LogP contribution in [0, 0.1) is 17.7 Å². The Morgan fingerprint density at radius 2 is 1.97 bits per heavy atom. The molecule has 1 saturated carbocycles. The molecule has 2 unspecified atom stereocenters. The fourth-order valence-electron chi connectivity index (χ4n) is 6.03. The van der Waals surface area contributed by atoms with E-state index in [1.54, 1.807) is 12.3 Å². The van der Waals surface area contributed by atoms with Crippen LogP contribution in [0.2, 0.25) is 0 Å². The average Bonchev–Trinajstić information content (AvgIpc) is 3.59. The Morgan fingerprint density at radius 3 is 2.69 bits per heavy atom. The summed E-state index contributed by atoms with van der Waals surface area (Å²) >= 11 is 0. The van der Waals surface area contributed by atoms with E-state index in [1.165, 1.54) is 48.0 Å². The predicted molar refractivity (Wildman–Crippen MR) is 162 cm³/mol. The molecule has 4 rings (SSSR count). The number of azo groups is 1. The van der Waals surface area contributed by atoms with Crippen molar-refractivity contribution in [1.82, 2.24) is 4.98 Å². The molecule has 2 aliphatic carbocycles. The van der Waals surface area contributed by atoms with Crippen molar-refractivity contribution in [2.45, 2.75) is 98.8 Å². The summed E-state index contributed by atoms with van der Waals surface area (Å²) in [6.45, 7) is 14.9. The molecule has 5 heteroatoms. The minimum Gasteiger partial charge on any atom is -0.356 e. The van der Waals surface area contributed by atoms with Gasteiger partial charge in [-0.25, -0.2) is 4.39 Å². The molecule has 0 bridgehead atoms. The van der Waals surface area contributed by atoms with Crippen LogP contribution in [0.25, 0.3) is 11.6 Å². The Kier molecular flexibility index (Phi) is 9.88. The molecule has 3 aliphatic rings. The van der Waals surface area contributed by atoms with Gasteiger partial charge in [0.25, 0.3) is 0 Å². The number of nitrogens with zero attached hydrogens (tertiary/aromatic N) is 3. The molecule has 208 valence electrons. The second-order valence-electron chi connectivity index (χ2n) is 11.3. The van der Waals surface area contributed by atoms with Crippen molar-refractivity contribution in [2.75, 3.05) is 5.32 Å². The van der Waals surface area contributed by atoms with E-state index in [9.17, 15) is 0 Å². The zero-order valence-electron chi connectivity index (χ0n) is 24.5. The molecule has 0 radical (unpaired) electrons. The molecule has 2 atom stereocenters. The Bertz CT molecular complexity index is 1370. The molecule has 1 fully saturated rings. The van der Waals surface area contributed by atoms with Gasteiger partial charge in [-0.1, -0.05) is 58.3 Å². The van der Waals surface area contributed by atoms with Crippen molar-refractivity contribution >= 4 is 17.3 Å². The average molecular weight is 529 g/mol. The first-order valence-corrected chi connectivity index (χ1v) is 14.9. The molecule has 0 saturated heterocycles. The molecule has 2 heterocycles. The molecular weight excluding hydrogens is 483 g/mol. The minimum absolute atomic E-state index is 0.285. The first kappa shape index (κ1) is 28.9. The standard InChI is InChI=1S/C34H45FN4/c1-7-23(5)38-34-30(22(4)13-14-26-16-15-25(8-2)17-26)21-36-32(33(34)35)19-29-20-37-39-31(29)18-28-12-10-11-27(9-3)24(28)6/h11,18-21,25-26,38H,5,7-10,12-17H2,1-4,6H3/b30-22+,31-18+,32-19+. The third-order valence-corrected chi connectivity index (χ3v) is 8.80. The van der Waals surface area contributed by atoms with Gasteiger partial charge in [-0.2, -0.15) is 10.2 Å².